The van der Waals surface area contributed by atoms with Crippen molar-refractivity contribution in [3.8, 4) is 0 Å². The maximum atomic E-state index is 12.1. The molecule has 2 heterocycles. The van der Waals surface area contributed by atoms with E-state index in [9.17, 15) is 9.59 Å². The summed E-state index contributed by atoms with van der Waals surface area (Å²) in [5.74, 6) is 0.367. The minimum atomic E-state index is -0.118. The lowest BCUT2D eigenvalue weighted by atomic mass is 9.96. The van der Waals surface area contributed by atoms with Crippen molar-refractivity contribution in [2.24, 2.45) is 0 Å². The molecule has 0 radical (unpaired) electrons. The van der Waals surface area contributed by atoms with E-state index in [0.29, 0.717) is 31.7 Å². The van der Waals surface area contributed by atoms with Crippen molar-refractivity contribution >= 4 is 17.4 Å². The Labute approximate surface area is 106 Å². The molecule has 2 aliphatic heterocycles. The second kappa shape index (κ2) is 4.53. The lowest BCUT2D eigenvalue weighted by molar-refractivity contribution is -0.127. The molecule has 1 unspecified atom stereocenters. The lowest BCUT2D eigenvalue weighted by Gasteiger charge is -2.36. The van der Waals surface area contributed by atoms with E-state index < -0.39 is 0 Å². The first-order valence-electron chi connectivity index (χ1n) is 6.38. The predicted octanol–water partition coefficient (Wildman–Crippen LogP) is 1.21. The van der Waals surface area contributed by atoms with E-state index in [-0.39, 0.29) is 11.9 Å². The van der Waals surface area contributed by atoms with Gasteiger partial charge in [-0.1, -0.05) is 18.2 Å². The van der Waals surface area contributed by atoms with Crippen molar-refractivity contribution in [3.63, 3.8) is 0 Å². The Morgan fingerprint density at radius 3 is 2.61 bits per heavy atom. The highest BCUT2D eigenvalue weighted by molar-refractivity contribution is 5.98. The number of benzene rings is 1. The van der Waals surface area contributed by atoms with Crippen LogP contribution in [0.2, 0.25) is 0 Å². The van der Waals surface area contributed by atoms with Crippen LogP contribution in [0, 0.1) is 0 Å². The van der Waals surface area contributed by atoms with Crippen LogP contribution in [0.25, 0.3) is 0 Å². The van der Waals surface area contributed by atoms with Gasteiger partial charge in [-0.05, 0) is 18.1 Å². The summed E-state index contributed by atoms with van der Waals surface area (Å²) in [5.41, 5.74) is 2.10. The molecule has 3 rings (SSSR count). The van der Waals surface area contributed by atoms with Gasteiger partial charge in [0.05, 0.1) is 6.04 Å². The molecule has 0 saturated carbocycles. The van der Waals surface area contributed by atoms with Crippen LogP contribution in [-0.4, -0.2) is 35.7 Å². The van der Waals surface area contributed by atoms with Crippen LogP contribution >= 0.6 is 0 Å². The monoisotopic (exact) mass is 244 g/mol. The molecule has 1 atom stereocenters. The average Bonchev–Trinajstić information content (AvgIpc) is 2.39. The van der Waals surface area contributed by atoms with E-state index in [1.54, 1.807) is 0 Å². The summed E-state index contributed by atoms with van der Waals surface area (Å²) in [6.07, 6.45) is 1.90. The van der Waals surface area contributed by atoms with Gasteiger partial charge >= 0.3 is 0 Å². The van der Waals surface area contributed by atoms with Crippen LogP contribution in [0.15, 0.2) is 24.3 Å². The fourth-order valence-corrected chi connectivity index (χ4v) is 2.72. The number of fused-ring (bicyclic) bond motifs is 1. The number of carbonyl (C=O) groups excluding carboxylic acids is 2. The first-order valence-corrected chi connectivity index (χ1v) is 6.38. The summed E-state index contributed by atoms with van der Waals surface area (Å²) in [6, 6.07) is 7.79. The van der Waals surface area contributed by atoms with Crippen LogP contribution in [0.4, 0.5) is 5.69 Å². The molecule has 0 spiro atoms. The van der Waals surface area contributed by atoms with Crippen molar-refractivity contribution in [3.05, 3.63) is 29.8 Å². The predicted molar refractivity (Wildman–Crippen MR) is 68.4 cm³/mol. The molecule has 1 aromatic carbocycles. The van der Waals surface area contributed by atoms with Crippen LogP contribution in [0.3, 0.4) is 0 Å². The number of likely N-dealkylation sites (tertiary alicyclic amines) is 1. The zero-order valence-electron chi connectivity index (χ0n) is 10.2. The number of piperidine rings is 1. The summed E-state index contributed by atoms with van der Waals surface area (Å²) in [5, 5.41) is 2.95. The zero-order valence-corrected chi connectivity index (χ0v) is 10.2. The highest BCUT2D eigenvalue weighted by Gasteiger charge is 2.32. The van der Waals surface area contributed by atoms with E-state index in [0.717, 1.165) is 12.1 Å². The van der Waals surface area contributed by atoms with Crippen molar-refractivity contribution in [1.29, 1.82) is 0 Å². The number of nitrogens with one attached hydrogen (secondary N) is 1. The molecule has 18 heavy (non-hydrogen) atoms. The molecule has 1 saturated heterocycles. The third-order valence-corrected chi connectivity index (χ3v) is 3.79. The summed E-state index contributed by atoms with van der Waals surface area (Å²) >= 11 is 0. The fraction of sp³-hybridized carbons (Fsp3) is 0.429. The lowest BCUT2D eigenvalue weighted by Crippen LogP contribution is -2.50. The smallest absolute Gasteiger partial charge is 0.242 e. The van der Waals surface area contributed by atoms with Crippen LogP contribution in [-0.2, 0) is 16.0 Å². The van der Waals surface area contributed by atoms with Crippen molar-refractivity contribution < 1.29 is 9.59 Å². The highest BCUT2D eigenvalue weighted by Crippen LogP contribution is 2.25. The van der Waals surface area contributed by atoms with Gasteiger partial charge in [-0.2, -0.15) is 0 Å². The Morgan fingerprint density at radius 1 is 1.11 bits per heavy atom. The van der Waals surface area contributed by atoms with Crippen LogP contribution in [0.5, 0.6) is 0 Å². The number of hydrogen-bond donors (Lipinski definition) is 1. The molecule has 94 valence electrons. The van der Waals surface area contributed by atoms with Gasteiger partial charge in [0.1, 0.15) is 5.78 Å². The molecular weight excluding hydrogens is 228 g/mol. The molecule has 4 nitrogen and oxygen atoms in total. The Hall–Kier alpha value is -1.68. The number of hydrogen-bond acceptors (Lipinski definition) is 3. The molecule has 4 heteroatoms. The third kappa shape index (κ3) is 2.04. The topological polar surface area (TPSA) is 49.4 Å². The second-order valence-electron chi connectivity index (χ2n) is 4.94. The molecule has 0 aromatic heterocycles. The minimum Gasteiger partial charge on any atom is -0.324 e. The summed E-state index contributed by atoms with van der Waals surface area (Å²) in [7, 11) is 0. The summed E-state index contributed by atoms with van der Waals surface area (Å²) < 4.78 is 0. The fourth-order valence-electron chi connectivity index (χ4n) is 2.72. The van der Waals surface area contributed by atoms with Gasteiger partial charge in [0, 0.05) is 31.6 Å². The van der Waals surface area contributed by atoms with E-state index >= 15 is 0 Å². The number of rotatable bonds is 1. The Balaban J connectivity index is 1.78. The molecular formula is C14H16N2O2. The van der Waals surface area contributed by atoms with E-state index in [2.05, 4.69) is 16.3 Å². The second-order valence-corrected chi connectivity index (χ2v) is 4.94. The van der Waals surface area contributed by atoms with Gasteiger partial charge in [-0.15, -0.1) is 0 Å². The number of ketones is 1. The maximum absolute atomic E-state index is 12.1. The third-order valence-electron chi connectivity index (χ3n) is 3.79. The van der Waals surface area contributed by atoms with Gasteiger partial charge in [-0.3, -0.25) is 14.5 Å². The molecule has 1 N–H and O–H groups in total. The SMILES string of the molecule is O=C1CCN(C2Cc3ccccc3NC2=O)CC1. The van der Waals surface area contributed by atoms with Gasteiger partial charge < -0.3 is 5.32 Å². The molecule has 0 bridgehead atoms. The van der Waals surface area contributed by atoms with E-state index in [1.807, 2.05) is 18.2 Å². The van der Waals surface area contributed by atoms with Crippen LogP contribution in [0.1, 0.15) is 18.4 Å². The van der Waals surface area contributed by atoms with E-state index in [4.69, 9.17) is 0 Å². The normalized spacial score (nSPS) is 24.6. The van der Waals surface area contributed by atoms with Crippen molar-refractivity contribution in [2.75, 3.05) is 18.4 Å². The number of amides is 1. The molecule has 1 amide bonds. The summed E-state index contributed by atoms with van der Waals surface area (Å²) in [6.45, 7) is 1.41. The molecule has 2 aliphatic rings. The average molecular weight is 244 g/mol. The number of nitrogens with zero attached hydrogens (tertiary/aromatic N) is 1. The van der Waals surface area contributed by atoms with Gasteiger partial charge in [0.15, 0.2) is 0 Å². The zero-order chi connectivity index (χ0) is 12.5. The van der Waals surface area contributed by atoms with Gasteiger partial charge in [0.25, 0.3) is 0 Å². The largest absolute Gasteiger partial charge is 0.324 e. The van der Waals surface area contributed by atoms with Gasteiger partial charge in [-0.25, -0.2) is 0 Å². The quantitative estimate of drug-likeness (QED) is 0.808. The minimum absolute atomic E-state index is 0.0584. The van der Waals surface area contributed by atoms with Crippen molar-refractivity contribution in [1.82, 2.24) is 4.90 Å². The number of para-hydroxylation sites is 1. The maximum Gasteiger partial charge on any atom is 0.242 e. The first kappa shape index (κ1) is 11.4. The van der Waals surface area contributed by atoms with Crippen molar-refractivity contribution in [2.45, 2.75) is 25.3 Å². The van der Waals surface area contributed by atoms with E-state index in [1.165, 1.54) is 5.56 Å². The Kier molecular flexibility index (Phi) is 2.88. The standard InChI is InChI=1S/C14H16N2O2/c17-11-5-7-16(8-6-11)13-9-10-3-1-2-4-12(10)15-14(13)18/h1-4,13H,5-9H2,(H,15,18). The highest BCUT2D eigenvalue weighted by atomic mass is 16.2. The van der Waals surface area contributed by atoms with Crippen LogP contribution < -0.4 is 5.32 Å². The first-order chi connectivity index (χ1) is 8.74. The summed E-state index contributed by atoms with van der Waals surface area (Å²) in [4.78, 5) is 25.5. The number of Topliss-reactive ketones (excluding diaryl/α,β-unsaturated/α-hetero) is 1. The number of carbonyl (C=O) groups is 2. The molecule has 0 aliphatic carbocycles. The molecule has 1 fully saturated rings. The number of anilines is 1. The van der Waals surface area contributed by atoms with Gasteiger partial charge in [0.2, 0.25) is 5.91 Å². The Bertz CT molecular complexity index is 488. The Morgan fingerprint density at radius 2 is 1.83 bits per heavy atom. The molecule has 1 aromatic rings.